The molecule has 0 unspecified atom stereocenters. The van der Waals surface area contributed by atoms with Crippen molar-refractivity contribution in [1.29, 1.82) is 0 Å². The Kier molecular flexibility index (Phi) is 6.00. The molecule has 3 aromatic rings. The molecule has 3 heterocycles. The molecule has 2 aromatic heterocycles. The Morgan fingerprint density at radius 3 is 2.59 bits per heavy atom. The highest BCUT2D eigenvalue weighted by molar-refractivity contribution is 5.91. The van der Waals surface area contributed by atoms with Crippen LogP contribution in [-0.4, -0.2) is 40.4 Å². The molecule has 1 aliphatic heterocycles. The number of furan rings is 1. The van der Waals surface area contributed by atoms with E-state index in [9.17, 15) is 4.79 Å². The molecule has 1 amide bonds. The largest absolute Gasteiger partial charge is 0.459 e. The molecule has 150 valence electrons. The highest BCUT2D eigenvalue weighted by Gasteiger charge is 2.20. The molecule has 6 heteroatoms. The molecule has 29 heavy (non-hydrogen) atoms. The first kappa shape index (κ1) is 19.3. The average molecular weight is 390 g/mol. The zero-order chi connectivity index (χ0) is 20.1. The zero-order valence-electron chi connectivity index (χ0n) is 16.7. The summed E-state index contributed by atoms with van der Waals surface area (Å²) in [4.78, 5) is 23.5. The van der Waals surface area contributed by atoms with Gasteiger partial charge >= 0.3 is 0 Å². The minimum atomic E-state index is -0.136. The van der Waals surface area contributed by atoms with E-state index < -0.39 is 0 Å². The van der Waals surface area contributed by atoms with Gasteiger partial charge in [-0.3, -0.25) is 9.69 Å². The fourth-order valence-electron chi connectivity index (χ4n) is 3.74. The summed E-state index contributed by atoms with van der Waals surface area (Å²) in [7, 11) is 0. The predicted octanol–water partition coefficient (Wildman–Crippen LogP) is 3.69. The summed E-state index contributed by atoms with van der Waals surface area (Å²) in [5.74, 6) is 1.52. The molecule has 1 saturated heterocycles. The van der Waals surface area contributed by atoms with Crippen molar-refractivity contribution in [2.45, 2.75) is 26.3 Å². The molecule has 0 aliphatic carbocycles. The first-order valence-electron chi connectivity index (χ1n) is 10.1. The first-order chi connectivity index (χ1) is 14.2. The van der Waals surface area contributed by atoms with E-state index in [1.807, 2.05) is 24.5 Å². The van der Waals surface area contributed by atoms with Crippen LogP contribution in [0.1, 0.15) is 34.5 Å². The van der Waals surface area contributed by atoms with Crippen LogP contribution >= 0.6 is 0 Å². The van der Waals surface area contributed by atoms with Gasteiger partial charge in [0, 0.05) is 36.6 Å². The zero-order valence-corrected chi connectivity index (χ0v) is 16.7. The van der Waals surface area contributed by atoms with E-state index in [1.165, 1.54) is 11.8 Å². The number of likely N-dealkylation sites (tertiary alicyclic amines) is 1. The first-order valence-corrected chi connectivity index (χ1v) is 10.1. The number of hydrogen-bond donors (Lipinski definition) is 1. The number of piperidine rings is 1. The van der Waals surface area contributed by atoms with Crippen molar-refractivity contribution in [2.24, 2.45) is 5.92 Å². The highest BCUT2D eigenvalue weighted by atomic mass is 16.3. The highest BCUT2D eigenvalue weighted by Crippen LogP contribution is 2.21. The SMILES string of the molecule is Cc1ccccc1-c1ncc(CN2CCC(CNC(=O)c3ccco3)CC2)cn1. The van der Waals surface area contributed by atoms with Gasteiger partial charge in [0.05, 0.1) is 6.26 Å². The second-order valence-electron chi connectivity index (χ2n) is 7.64. The van der Waals surface area contributed by atoms with Gasteiger partial charge in [0.2, 0.25) is 0 Å². The third kappa shape index (κ3) is 4.90. The van der Waals surface area contributed by atoms with Gasteiger partial charge in [-0.05, 0) is 56.5 Å². The molecule has 1 aliphatic rings. The van der Waals surface area contributed by atoms with E-state index in [-0.39, 0.29) is 5.91 Å². The second-order valence-corrected chi connectivity index (χ2v) is 7.64. The van der Waals surface area contributed by atoms with Crippen LogP contribution in [0.15, 0.2) is 59.5 Å². The van der Waals surface area contributed by atoms with Gasteiger partial charge in [-0.1, -0.05) is 24.3 Å². The maximum atomic E-state index is 12.0. The molecule has 0 spiro atoms. The van der Waals surface area contributed by atoms with E-state index >= 15 is 0 Å². The smallest absolute Gasteiger partial charge is 0.286 e. The number of aryl methyl sites for hydroxylation is 1. The molecule has 1 fully saturated rings. The summed E-state index contributed by atoms with van der Waals surface area (Å²) in [6.07, 6.45) is 7.53. The van der Waals surface area contributed by atoms with Crippen LogP contribution < -0.4 is 5.32 Å². The Balaban J connectivity index is 1.24. The van der Waals surface area contributed by atoms with Crippen LogP contribution in [0.3, 0.4) is 0 Å². The van der Waals surface area contributed by atoms with Gasteiger partial charge in [0.1, 0.15) is 0 Å². The fourth-order valence-corrected chi connectivity index (χ4v) is 3.74. The standard InChI is InChI=1S/C23H26N4O2/c1-17-5-2-3-6-20(17)22-24-14-19(15-25-22)16-27-10-8-18(9-11-27)13-26-23(28)21-7-4-12-29-21/h2-7,12,14-15,18H,8-11,13,16H2,1H3,(H,26,28). The quantitative estimate of drug-likeness (QED) is 0.695. The third-order valence-corrected chi connectivity index (χ3v) is 5.50. The summed E-state index contributed by atoms with van der Waals surface area (Å²) >= 11 is 0. The topological polar surface area (TPSA) is 71.3 Å². The Morgan fingerprint density at radius 2 is 1.90 bits per heavy atom. The lowest BCUT2D eigenvalue weighted by Crippen LogP contribution is -2.38. The summed E-state index contributed by atoms with van der Waals surface area (Å²) in [5, 5.41) is 2.97. The summed E-state index contributed by atoms with van der Waals surface area (Å²) in [6, 6.07) is 11.6. The lowest BCUT2D eigenvalue weighted by molar-refractivity contribution is 0.0907. The number of rotatable bonds is 6. The van der Waals surface area contributed by atoms with Crippen molar-refractivity contribution >= 4 is 5.91 Å². The fraction of sp³-hybridized carbons (Fsp3) is 0.348. The Bertz CT molecular complexity index is 930. The van der Waals surface area contributed by atoms with Gasteiger partial charge < -0.3 is 9.73 Å². The number of carbonyl (C=O) groups is 1. The Hall–Kier alpha value is -2.99. The van der Waals surface area contributed by atoms with Crippen LogP contribution in [0.25, 0.3) is 11.4 Å². The number of nitrogens with zero attached hydrogens (tertiary/aromatic N) is 3. The Labute approximate surface area is 171 Å². The van der Waals surface area contributed by atoms with Gasteiger partial charge in [-0.15, -0.1) is 0 Å². The third-order valence-electron chi connectivity index (χ3n) is 5.50. The molecule has 1 N–H and O–H groups in total. The maximum Gasteiger partial charge on any atom is 0.286 e. The number of carbonyl (C=O) groups excluding carboxylic acids is 1. The molecular weight excluding hydrogens is 364 g/mol. The molecular formula is C23H26N4O2. The lowest BCUT2D eigenvalue weighted by Gasteiger charge is -2.31. The van der Waals surface area contributed by atoms with Crippen LogP contribution in [-0.2, 0) is 6.54 Å². The van der Waals surface area contributed by atoms with Crippen LogP contribution in [0, 0.1) is 12.8 Å². The molecule has 1 aromatic carbocycles. The van der Waals surface area contributed by atoms with Crippen molar-refractivity contribution in [3.8, 4) is 11.4 Å². The molecule has 0 bridgehead atoms. The van der Waals surface area contributed by atoms with Gasteiger partial charge in [-0.25, -0.2) is 9.97 Å². The summed E-state index contributed by atoms with van der Waals surface area (Å²) < 4.78 is 5.13. The van der Waals surface area contributed by atoms with Crippen LogP contribution in [0.2, 0.25) is 0 Å². The molecule has 0 atom stereocenters. The molecule has 4 rings (SSSR count). The van der Waals surface area contributed by atoms with Crippen molar-refractivity contribution in [2.75, 3.05) is 19.6 Å². The monoisotopic (exact) mass is 390 g/mol. The minimum absolute atomic E-state index is 0.136. The molecule has 0 radical (unpaired) electrons. The van der Waals surface area contributed by atoms with E-state index in [4.69, 9.17) is 4.42 Å². The molecule has 6 nitrogen and oxygen atoms in total. The number of amides is 1. The van der Waals surface area contributed by atoms with Gasteiger partial charge in [0.25, 0.3) is 5.91 Å². The number of nitrogens with one attached hydrogen (secondary N) is 1. The predicted molar refractivity (Wildman–Crippen MR) is 111 cm³/mol. The lowest BCUT2D eigenvalue weighted by atomic mass is 9.96. The van der Waals surface area contributed by atoms with Crippen molar-refractivity contribution in [3.05, 3.63) is 71.9 Å². The van der Waals surface area contributed by atoms with Crippen LogP contribution in [0.4, 0.5) is 0 Å². The van der Waals surface area contributed by atoms with Gasteiger partial charge in [0.15, 0.2) is 11.6 Å². The minimum Gasteiger partial charge on any atom is -0.459 e. The summed E-state index contributed by atoms with van der Waals surface area (Å²) in [5.41, 5.74) is 3.39. The number of aromatic nitrogens is 2. The second kappa shape index (κ2) is 9.01. The number of benzene rings is 1. The molecule has 0 saturated carbocycles. The van der Waals surface area contributed by atoms with Crippen molar-refractivity contribution in [3.63, 3.8) is 0 Å². The normalized spacial score (nSPS) is 15.3. The van der Waals surface area contributed by atoms with E-state index in [0.717, 1.165) is 49.4 Å². The van der Waals surface area contributed by atoms with Crippen molar-refractivity contribution in [1.82, 2.24) is 20.2 Å². The van der Waals surface area contributed by atoms with E-state index in [2.05, 4.69) is 39.2 Å². The Morgan fingerprint density at radius 1 is 1.14 bits per heavy atom. The number of hydrogen-bond acceptors (Lipinski definition) is 5. The van der Waals surface area contributed by atoms with E-state index in [0.29, 0.717) is 18.2 Å². The maximum absolute atomic E-state index is 12.0. The van der Waals surface area contributed by atoms with E-state index in [1.54, 1.807) is 12.1 Å². The van der Waals surface area contributed by atoms with Gasteiger partial charge in [-0.2, -0.15) is 0 Å². The van der Waals surface area contributed by atoms with Crippen molar-refractivity contribution < 1.29 is 9.21 Å². The van der Waals surface area contributed by atoms with Crippen LogP contribution in [0.5, 0.6) is 0 Å². The average Bonchev–Trinajstić information content (AvgIpc) is 3.29. The summed E-state index contributed by atoms with van der Waals surface area (Å²) in [6.45, 7) is 5.66.